The molecule has 2 heterocycles. The first-order valence-corrected chi connectivity index (χ1v) is 10.3. The Kier molecular flexibility index (Phi) is 4.58. The molecule has 1 aromatic carbocycles. The van der Waals surface area contributed by atoms with Crippen LogP contribution >= 0.6 is 0 Å². The van der Waals surface area contributed by atoms with Crippen LogP contribution < -0.4 is 4.72 Å². The van der Waals surface area contributed by atoms with Crippen LogP contribution in [0, 0.1) is 0 Å². The molecule has 1 fully saturated rings. The topological polar surface area (TPSA) is 62.3 Å². The first-order valence-electron chi connectivity index (χ1n) is 8.85. The van der Waals surface area contributed by atoms with E-state index in [4.69, 9.17) is 0 Å². The van der Waals surface area contributed by atoms with Crippen LogP contribution in [0.3, 0.4) is 0 Å². The molecule has 0 saturated carbocycles. The number of hydrogen-bond acceptors (Lipinski definition) is 4. The van der Waals surface area contributed by atoms with Crippen LogP contribution in [0.1, 0.15) is 24.0 Å². The highest BCUT2D eigenvalue weighted by Crippen LogP contribution is 2.27. The number of piperidine rings is 1. The van der Waals surface area contributed by atoms with Crippen LogP contribution in [-0.4, -0.2) is 43.5 Å². The van der Waals surface area contributed by atoms with Crippen molar-refractivity contribution < 1.29 is 8.42 Å². The van der Waals surface area contributed by atoms with Gasteiger partial charge in [0, 0.05) is 31.0 Å². The first kappa shape index (κ1) is 16.7. The van der Waals surface area contributed by atoms with Gasteiger partial charge in [-0.15, -0.1) is 0 Å². The normalized spacial score (nSPS) is 22.0. The van der Waals surface area contributed by atoms with Crippen LogP contribution in [0.2, 0.25) is 0 Å². The van der Waals surface area contributed by atoms with Gasteiger partial charge in [0.1, 0.15) is 4.90 Å². The van der Waals surface area contributed by atoms with E-state index in [1.54, 1.807) is 18.3 Å². The van der Waals surface area contributed by atoms with Gasteiger partial charge in [-0.05, 0) is 55.5 Å². The molecule has 0 spiro atoms. The highest BCUT2D eigenvalue weighted by molar-refractivity contribution is 7.89. The molecule has 1 unspecified atom stereocenters. The maximum Gasteiger partial charge on any atom is 0.242 e. The third-order valence-electron chi connectivity index (χ3n) is 5.27. The molecular formula is C19H23N3O2S. The number of likely N-dealkylation sites (tertiary alicyclic amines) is 1. The molecule has 1 saturated heterocycles. The molecule has 1 aliphatic carbocycles. The Morgan fingerprint density at radius 3 is 2.52 bits per heavy atom. The fourth-order valence-electron chi connectivity index (χ4n) is 4.02. The Labute approximate surface area is 149 Å². The Hall–Kier alpha value is -1.76. The quantitative estimate of drug-likeness (QED) is 0.909. The number of nitrogens with one attached hydrogen (secondary N) is 1. The molecule has 132 valence electrons. The number of rotatable bonds is 4. The molecular weight excluding hydrogens is 334 g/mol. The largest absolute Gasteiger partial charge is 0.298 e. The number of pyridine rings is 1. The highest BCUT2D eigenvalue weighted by Gasteiger charge is 2.32. The number of benzene rings is 1. The van der Waals surface area contributed by atoms with Crippen LogP contribution in [0.25, 0.3) is 0 Å². The van der Waals surface area contributed by atoms with Crippen LogP contribution in [-0.2, 0) is 22.9 Å². The smallest absolute Gasteiger partial charge is 0.242 e. The van der Waals surface area contributed by atoms with E-state index in [1.165, 1.54) is 17.3 Å². The molecule has 4 rings (SSSR count). The standard InChI is InChI=1S/C19H23N3O2S/c23-25(24,19-8-3-9-20-13-19)21-17-7-4-10-22(14-17)18-11-15-5-1-2-6-16(15)12-18/h1-3,5-6,8-9,13,17-18,21H,4,7,10-12,14H2. The molecule has 2 aliphatic rings. The van der Waals surface area contributed by atoms with Gasteiger partial charge in [-0.3, -0.25) is 9.88 Å². The first-order chi connectivity index (χ1) is 12.1. The third kappa shape index (κ3) is 3.61. The van der Waals surface area contributed by atoms with Crippen molar-refractivity contribution in [2.75, 3.05) is 13.1 Å². The van der Waals surface area contributed by atoms with Crippen LogP contribution in [0.4, 0.5) is 0 Å². The van der Waals surface area contributed by atoms with Gasteiger partial charge in [0.15, 0.2) is 0 Å². The zero-order valence-electron chi connectivity index (χ0n) is 14.1. The predicted octanol–water partition coefficient (Wildman–Crippen LogP) is 1.99. The average molecular weight is 357 g/mol. The molecule has 5 nitrogen and oxygen atoms in total. The summed E-state index contributed by atoms with van der Waals surface area (Å²) in [7, 11) is -3.50. The lowest BCUT2D eigenvalue weighted by Gasteiger charge is -2.36. The van der Waals surface area contributed by atoms with Crippen molar-refractivity contribution in [1.29, 1.82) is 0 Å². The molecule has 6 heteroatoms. The van der Waals surface area contributed by atoms with E-state index in [0.29, 0.717) is 6.04 Å². The van der Waals surface area contributed by atoms with Gasteiger partial charge < -0.3 is 0 Å². The monoisotopic (exact) mass is 357 g/mol. The van der Waals surface area contributed by atoms with Gasteiger partial charge in [0.05, 0.1) is 0 Å². The van der Waals surface area contributed by atoms with E-state index in [9.17, 15) is 8.42 Å². The van der Waals surface area contributed by atoms with Gasteiger partial charge in [-0.1, -0.05) is 24.3 Å². The minimum Gasteiger partial charge on any atom is -0.298 e. The Bertz CT molecular complexity index is 814. The van der Waals surface area contributed by atoms with Crippen LogP contribution in [0.5, 0.6) is 0 Å². The van der Waals surface area contributed by atoms with Crippen molar-refractivity contribution in [2.45, 2.75) is 42.7 Å². The van der Waals surface area contributed by atoms with Crippen molar-refractivity contribution in [2.24, 2.45) is 0 Å². The second-order valence-corrected chi connectivity index (χ2v) is 8.69. The second-order valence-electron chi connectivity index (χ2n) is 6.97. The molecule has 1 aliphatic heterocycles. The summed E-state index contributed by atoms with van der Waals surface area (Å²) in [6.07, 6.45) is 7.02. The summed E-state index contributed by atoms with van der Waals surface area (Å²) in [5.41, 5.74) is 2.87. The van der Waals surface area contributed by atoms with Crippen molar-refractivity contribution in [3.05, 3.63) is 59.9 Å². The van der Waals surface area contributed by atoms with Crippen LogP contribution in [0.15, 0.2) is 53.7 Å². The van der Waals surface area contributed by atoms with E-state index in [-0.39, 0.29) is 10.9 Å². The minimum atomic E-state index is -3.50. The number of fused-ring (bicyclic) bond motifs is 1. The lowest BCUT2D eigenvalue weighted by molar-refractivity contribution is 0.148. The fraction of sp³-hybridized carbons (Fsp3) is 0.421. The Morgan fingerprint density at radius 2 is 1.84 bits per heavy atom. The summed E-state index contributed by atoms with van der Waals surface area (Å²) in [4.78, 5) is 6.61. The predicted molar refractivity (Wildman–Crippen MR) is 96.8 cm³/mol. The maximum atomic E-state index is 12.5. The SMILES string of the molecule is O=S(=O)(NC1CCCN(C2Cc3ccccc3C2)C1)c1cccnc1. The van der Waals surface area contributed by atoms with Gasteiger partial charge in [-0.2, -0.15) is 0 Å². The van der Waals surface area contributed by atoms with E-state index >= 15 is 0 Å². The van der Waals surface area contributed by atoms with Gasteiger partial charge >= 0.3 is 0 Å². The van der Waals surface area contributed by atoms with Crippen molar-refractivity contribution >= 4 is 10.0 Å². The number of sulfonamides is 1. The fourth-order valence-corrected chi connectivity index (χ4v) is 5.25. The van der Waals surface area contributed by atoms with Gasteiger partial charge in [0.25, 0.3) is 0 Å². The van der Waals surface area contributed by atoms with Gasteiger partial charge in [-0.25, -0.2) is 13.1 Å². The highest BCUT2D eigenvalue weighted by atomic mass is 32.2. The average Bonchev–Trinajstić information content (AvgIpc) is 3.07. The Balaban J connectivity index is 1.42. The number of nitrogens with zero attached hydrogens (tertiary/aromatic N) is 2. The van der Waals surface area contributed by atoms with E-state index in [1.807, 2.05) is 0 Å². The second kappa shape index (κ2) is 6.86. The zero-order chi connectivity index (χ0) is 17.3. The summed E-state index contributed by atoms with van der Waals surface area (Å²) in [5.74, 6) is 0. The summed E-state index contributed by atoms with van der Waals surface area (Å²) in [5, 5.41) is 0. The molecule has 1 aromatic heterocycles. The van der Waals surface area contributed by atoms with E-state index < -0.39 is 10.0 Å². The van der Waals surface area contributed by atoms with Gasteiger partial charge in [0.2, 0.25) is 10.0 Å². The van der Waals surface area contributed by atoms with E-state index in [0.717, 1.165) is 38.8 Å². The molecule has 1 N–H and O–H groups in total. The summed E-state index contributed by atoms with van der Waals surface area (Å²) >= 11 is 0. The molecule has 0 bridgehead atoms. The lowest BCUT2D eigenvalue weighted by Crippen LogP contribution is -2.51. The Morgan fingerprint density at radius 1 is 1.08 bits per heavy atom. The molecule has 0 amide bonds. The third-order valence-corrected chi connectivity index (χ3v) is 6.77. The summed E-state index contributed by atoms with van der Waals surface area (Å²) < 4.78 is 28.0. The zero-order valence-corrected chi connectivity index (χ0v) is 15.0. The van der Waals surface area contributed by atoms with Crippen molar-refractivity contribution in [3.63, 3.8) is 0 Å². The van der Waals surface area contributed by atoms with E-state index in [2.05, 4.69) is 38.9 Å². The number of aromatic nitrogens is 1. The van der Waals surface area contributed by atoms with Crippen molar-refractivity contribution in [1.82, 2.24) is 14.6 Å². The molecule has 25 heavy (non-hydrogen) atoms. The minimum absolute atomic E-state index is 0.0392. The molecule has 1 atom stereocenters. The maximum absolute atomic E-state index is 12.5. The molecule has 2 aromatic rings. The van der Waals surface area contributed by atoms with Crippen molar-refractivity contribution in [3.8, 4) is 0 Å². The summed E-state index contributed by atoms with van der Waals surface area (Å²) in [6, 6.07) is 12.3. The number of hydrogen-bond donors (Lipinski definition) is 1. The lowest BCUT2D eigenvalue weighted by atomic mass is 10.0. The molecule has 0 radical (unpaired) electrons. The summed E-state index contributed by atoms with van der Waals surface area (Å²) in [6.45, 7) is 1.82.